The number of aliphatic hydroxyl groups is 1. The third-order valence-corrected chi connectivity index (χ3v) is 3.55. The van der Waals surface area contributed by atoms with Gasteiger partial charge in [0.2, 0.25) is 0 Å². The number of nitrogens with zero attached hydrogens (tertiary/aromatic N) is 3. The molecule has 5 nitrogen and oxygen atoms in total. The molecule has 3 rings (SSSR count). The monoisotopic (exact) mass is 273 g/mol. The van der Waals surface area contributed by atoms with Gasteiger partial charge in [-0.05, 0) is 19.9 Å². The van der Waals surface area contributed by atoms with Gasteiger partial charge in [0, 0.05) is 18.5 Å². The first kappa shape index (κ1) is 13.3. The van der Waals surface area contributed by atoms with Crippen LogP contribution in [0.2, 0.25) is 0 Å². The second-order valence-corrected chi connectivity index (χ2v) is 5.81. The van der Waals surface area contributed by atoms with Crippen LogP contribution in [0.3, 0.4) is 0 Å². The van der Waals surface area contributed by atoms with Crippen molar-refractivity contribution in [3.8, 4) is 0 Å². The highest BCUT2D eigenvalue weighted by Crippen LogP contribution is 2.30. The fourth-order valence-corrected chi connectivity index (χ4v) is 2.82. The highest BCUT2D eigenvalue weighted by Gasteiger charge is 2.33. The minimum absolute atomic E-state index is 0.0242. The molecular weight excluding hydrogens is 254 g/mol. The standard InChI is InChI=1S/C15H19N3O2/c1-15(2)10-18(8-11(9-19)20-15)14-7-16-17-13-6-4-3-5-12(13)14/h3-7,11,19H,8-10H2,1-2H3. The Balaban J connectivity index is 2.01. The fourth-order valence-electron chi connectivity index (χ4n) is 2.82. The van der Waals surface area contributed by atoms with Crippen LogP contribution in [-0.2, 0) is 4.74 Å². The van der Waals surface area contributed by atoms with Crippen LogP contribution in [0.5, 0.6) is 0 Å². The van der Waals surface area contributed by atoms with E-state index in [1.807, 2.05) is 32.0 Å². The van der Waals surface area contributed by atoms with Crippen LogP contribution in [0, 0.1) is 0 Å². The Morgan fingerprint density at radius 1 is 1.40 bits per heavy atom. The third kappa shape index (κ3) is 2.46. The summed E-state index contributed by atoms with van der Waals surface area (Å²) in [6.07, 6.45) is 1.61. The molecule has 2 aromatic rings. The summed E-state index contributed by atoms with van der Waals surface area (Å²) >= 11 is 0. The van der Waals surface area contributed by atoms with Crippen molar-refractivity contribution in [2.24, 2.45) is 0 Å². The molecule has 106 valence electrons. The highest BCUT2D eigenvalue weighted by molar-refractivity contribution is 5.90. The Morgan fingerprint density at radius 3 is 3.00 bits per heavy atom. The largest absolute Gasteiger partial charge is 0.394 e. The van der Waals surface area contributed by atoms with Crippen LogP contribution >= 0.6 is 0 Å². The third-order valence-electron chi connectivity index (χ3n) is 3.55. The number of ether oxygens (including phenoxy) is 1. The van der Waals surface area contributed by atoms with Crippen molar-refractivity contribution in [2.45, 2.75) is 25.6 Å². The summed E-state index contributed by atoms with van der Waals surface area (Å²) in [7, 11) is 0. The predicted molar refractivity (Wildman–Crippen MR) is 77.8 cm³/mol. The zero-order valence-corrected chi connectivity index (χ0v) is 11.8. The van der Waals surface area contributed by atoms with E-state index in [1.54, 1.807) is 6.20 Å². The SMILES string of the molecule is CC1(C)CN(c2cnnc3ccccc23)CC(CO)O1. The first-order valence-electron chi connectivity index (χ1n) is 6.83. The smallest absolute Gasteiger partial charge is 0.0988 e. The fraction of sp³-hybridized carbons (Fsp3) is 0.467. The molecule has 0 aliphatic carbocycles. The quantitative estimate of drug-likeness (QED) is 0.900. The minimum Gasteiger partial charge on any atom is -0.394 e. The lowest BCUT2D eigenvalue weighted by atomic mass is 10.0. The Kier molecular flexibility index (Phi) is 3.31. The first-order valence-corrected chi connectivity index (χ1v) is 6.83. The highest BCUT2D eigenvalue weighted by atomic mass is 16.5. The molecule has 0 spiro atoms. The Labute approximate surface area is 118 Å². The number of aromatic nitrogens is 2. The number of morpholine rings is 1. The van der Waals surface area contributed by atoms with Crippen LogP contribution in [0.1, 0.15) is 13.8 Å². The summed E-state index contributed by atoms with van der Waals surface area (Å²) in [5.41, 5.74) is 1.64. The molecule has 20 heavy (non-hydrogen) atoms. The molecule has 0 radical (unpaired) electrons. The van der Waals surface area contributed by atoms with Crippen molar-refractivity contribution in [1.82, 2.24) is 10.2 Å². The molecule has 1 N–H and O–H groups in total. The summed E-state index contributed by atoms with van der Waals surface area (Å²) in [6.45, 7) is 5.53. The molecular formula is C15H19N3O2. The van der Waals surface area contributed by atoms with Crippen LogP contribution in [0.15, 0.2) is 30.5 Å². The van der Waals surface area contributed by atoms with Gasteiger partial charge >= 0.3 is 0 Å². The van der Waals surface area contributed by atoms with Gasteiger partial charge in [-0.15, -0.1) is 0 Å². The summed E-state index contributed by atoms with van der Waals surface area (Å²) in [6, 6.07) is 7.97. The predicted octanol–water partition coefficient (Wildman–Crippen LogP) is 1.61. The molecule has 1 unspecified atom stereocenters. The Hall–Kier alpha value is -1.72. The lowest BCUT2D eigenvalue weighted by molar-refractivity contribution is -0.100. The second kappa shape index (κ2) is 5.00. The average Bonchev–Trinajstić information content (AvgIpc) is 2.45. The lowest BCUT2D eigenvalue weighted by Crippen LogP contribution is -2.54. The van der Waals surface area contributed by atoms with E-state index >= 15 is 0 Å². The van der Waals surface area contributed by atoms with E-state index in [-0.39, 0.29) is 18.3 Å². The first-order chi connectivity index (χ1) is 9.59. The molecule has 1 atom stereocenters. The molecule has 1 aliphatic heterocycles. The average molecular weight is 273 g/mol. The summed E-state index contributed by atoms with van der Waals surface area (Å²) < 4.78 is 5.86. The number of hydrogen-bond acceptors (Lipinski definition) is 5. The second-order valence-electron chi connectivity index (χ2n) is 5.81. The number of hydrogen-bond donors (Lipinski definition) is 1. The summed E-state index contributed by atoms with van der Waals surface area (Å²) in [5.74, 6) is 0. The molecule has 0 amide bonds. The zero-order chi connectivity index (χ0) is 14.2. The van der Waals surface area contributed by atoms with Crippen molar-refractivity contribution in [3.63, 3.8) is 0 Å². The van der Waals surface area contributed by atoms with E-state index in [9.17, 15) is 5.11 Å². The van der Waals surface area contributed by atoms with E-state index in [1.165, 1.54) is 0 Å². The van der Waals surface area contributed by atoms with E-state index in [4.69, 9.17) is 4.74 Å². The molecule has 0 saturated carbocycles. The van der Waals surface area contributed by atoms with Crippen molar-refractivity contribution >= 4 is 16.6 Å². The molecule has 1 saturated heterocycles. The molecule has 2 heterocycles. The lowest BCUT2D eigenvalue weighted by Gasteiger charge is -2.43. The Bertz CT molecular complexity index is 610. The number of aliphatic hydroxyl groups excluding tert-OH is 1. The minimum atomic E-state index is -0.296. The van der Waals surface area contributed by atoms with Gasteiger partial charge in [0.1, 0.15) is 0 Å². The van der Waals surface area contributed by atoms with Crippen LogP contribution in [-0.4, -0.2) is 46.7 Å². The molecule has 5 heteroatoms. The van der Waals surface area contributed by atoms with Crippen molar-refractivity contribution < 1.29 is 9.84 Å². The maximum atomic E-state index is 9.42. The van der Waals surface area contributed by atoms with Gasteiger partial charge < -0.3 is 14.7 Å². The van der Waals surface area contributed by atoms with Crippen molar-refractivity contribution in [1.29, 1.82) is 0 Å². The normalized spacial score (nSPS) is 22.1. The van der Waals surface area contributed by atoms with Crippen LogP contribution < -0.4 is 4.90 Å². The zero-order valence-electron chi connectivity index (χ0n) is 11.8. The topological polar surface area (TPSA) is 58.5 Å². The van der Waals surface area contributed by atoms with Gasteiger partial charge in [0.05, 0.1) is 35.7 Å². The van der Waals surface area contributed by atoms with Crippen molar-refractivity contribution in [3.05, 3.63) is 30.5 Å². The van der Waals surface area contributed by atoms with Crippen LogP contribution in [0.4, 0.5) is 5.69 Å². The summed E-state index contributed by atoms with van der Waals surface area (Å²) in [4.78, 5) is 2.22. The maximum absolute atomic E-state index is 9.42. The van der Waals surface area contributed by atoms with Gasteiger partial charge in [-0.3, -0.25) is 0 Å². The molecule has 1 aromatic carbocycles. The van der Waals surface area contributed by atoms with Gasteiger partial charge in [-0.1, -0.05) is 18.2 Å². The maximum Gasteiger partial charge on any atom is 0.0988 e. The Morgan fingerprint density at radius 2 is 2.20 bits per heavy atom. The van der Waals surface area contributed by atoms with E-state index in [0.717, 1.165) is 23.1 Å². The molecule has 1 aromatic heterocycles. The van der Waals surface area contributed by atoms with E-state index < -0.39 is 0 Å². The molecule has 1 aliphatic rings. The van der Waals surface area contributed by atoms with Gasteiger partial charge in [0.25, 0.3) is 0 Å². The van der Waals surface area contributed by atoms with Gasteiger partial charge in [0.15, 0.2) is 0 Å². The van der Waals surface area contributed by atoms with Gasteiger partial charge in [-0.2, -0.15) is 10.2 Å². The summed E-state index contributed by atoms with van der Waals surface area (Å²) in [5, 5.41) is 18.7. The number of benzene rings is 1. The number of rotatable bonds is 2. The van der Waals surface area contributed by atoms with Crippen LogP contribution in [0.25, 0.3) is 10.9 Å². The number of fused-ring (bicyclic) bond motifs is 1. The molecule has 0 bridgehead atoms. The van der Waals surface area contributed by atoms with E-state index in [0.29, 0.717) is 6.54 Å². The molecule has 1 fully saturated rings. The van der Waals surface area contributed by atoms with Gasteiger partial charge in [-0.25, -0.2) is 0 Å². The number of anilines is 1. The van der Waals surface area contributed by atoms with E-state index in [2.05, 4.69) is 21.2 Å². The van der Waals surface area contributed by atoms with Crippen molar-refractivity contribution in [2.75, 3.05) is 24.6 Å².